The quantitative estimate of drug-likeness (QED) is 0.451. The molecule has 2 fully saturated rings. The predicted octanol–water partition coefficient (Wildman–Crippen LogP) is 1.84. The van der Waals surface area contributed by atoms with Crippen molar-refractivity contribution in [3.63, 3.8) is 0 Å². The molecule has 2 rings (SSSR count). The third kappa shape index (κ3) is 2.18. The van der Waals surface area contributed by atoms with Crippen LogP contribution >= 0.6 is 22.6 Å². The van der Waals surface area contributed by atoms with Crippen molar-refractivity contribution in [3.8, 4) is 0 Å². The van der Waals surface area contributed by atoms with Crippen molar-refractivity contribution in [1.82, 2.24) is 10.2 Å². The van der Waals surface area contributed by atoms with Crippen molar-refractivity contribution < 1.29 is 0 Å². The zero-order chi connectivity index (χ0) is 9.31. The highest BCUT2D eigenvalue weighted by molar-refractivity contribution is 14.1. The molecule has 2 heterocycles. The van der Waals surface area contributed by atoms with Gasteiger partial charge in [0.2, 0.25) is 0 Å². The number of hydrogen-bond acceptors (Lipinski definition) is 2. The summed E-state index contributed by atoms with van der Waals surface area (Å²) in [4.78, 5) is 2.60. The van der Waals surface area contributed by atoms with Gasteiger partial charge in [-0.25, -0.2) is 0 Å². The average Bonchev–Trinajstić information content (AvgIpc) is 2.54. The molecule has 0 amide bonds. The monoisotopic (exact) mass is 294 g/mol. The smallest absolute Gasteiger partial charge is 0.0589 e. The second kappa shape index (κ2) is 4.03. The number of likely N-dealkylation sites (tertiary alicyclic amines) is 1. The Labute approximate surface area is 94.6 Å². The van der Waals surface area contributed by atoms with Crippen molar-refractivity contribution in [2.45, 2.75) is 30.2 Å². The van der Waals surface area contributed by atoms with Crippen molar-refractivity contribution in [3.05, 3.63) is 0 Å². The van der Waals surface area contributed by atoms with Crippen molar-refractivity contribution in [2.75, 3.05) is 26.2 Å². The summed E-state index contributed by atoms with van der Waals surface area (Å²) in [7, 11) is 0. The van der Waals surface area contributed by atoms with Gasteiger partial charge in [0.15, 0.2) is 0 Å². The number of hydrogen-bond donors (Lipinski definition) is 1. The lowest BCUT2D eigenvalue weighted by Gasteiger charge is -2.40. The lowest BCUT2D eigenvalue weighted by molar-refractivity contribution is 0.119. The van der Waals surface area contributed by atoms with Gasteiger partial charge in [-0.05, 0) is 51.2 Å². The van der Waals surface area contributed by atoms with Gasteiger partial charge in [0.25, 0.3) is 0 Å². The first kappa shape index (κ1) is 10.2. The molecule has 0 bridgehead atoms. The molecule has 0 aliphatic carbocycles. The highest BCUT2D eigenvalue weighted by Crippen LogP contribution is 2.37. The zero-order valence-electron chi connectivity index (χ0n) is 8.35. The van der Waals surface area contributed by atoms with Gasteiger partial charge in [-0.2, -0.15) is 0 Å². The Bertz CT molecular complexity index is 166. The van der Waals surface area contributed by atoms with Gasteiger partial charge < -0.3 is 5.32 Å². The maximum atomic E-state index is 3.51. The minimum Gasteiger partial charge on any atom is -0.316 e. The van der Waals surface area contributed by atoms with E-state index in [0.29, 0.717) is 9.46 Å². The summed E-state index contributed by atoms with van der Waals surface area (Å²) in [6, 6.07) is 0. The molecule has 0 aromatic rings. The molecule has 76 valence electrons. The number of piperidine rings is 1. The summed E-state index contributed by atoms with van der Waals surface area (Å²) in [5.74, 6) is 0. The van der Waals surface area contributed by atoms with Gasteiger partial charge in [-0.3, -0.25) is 4.90 Å². The van der Waals surface area contributed by atoms with E-state index < -0.39 is 0 Å². The van der Waals surface area contributed by atoms with Crippen molar-refractivity contribution in [1.29, 1.82) is 0 Å². The molecule has 1 spiro atoms. The zero-order valence-corrected chi connectivity index (χ0v) is 10.5. The molecule has 1 unspecified atom stereocenters. The number of alkyl halides is 1. The van der Waals surface area contributed by atoms with Crippen molar-refractivity contribution in [2.24, 2.45) is 5.41 Å². The molecule has 2 aliphatic heterocycles. The van der Waals surface area contributed by atoms with E-state index in [-0.39, 0.29) is 0 Å². The topological polar surface area (TPSA) is 15.3 Å². The van der Waals surface area contributed by atoms with Gasteiger partial charge in [0.1, 0.15) is 0 Å². The van der Waals surface area contributed by atoms with E-state index in [2.05, 4.69) is 39.7 Å². The minimum atomic E-state index is 0.683. The first-order valence-corrected chi connectivity index (χ1v) is 6.55. The van der Waals surface area contributed by atoms with Crippen LogP contribution in [0.4, 0.5) is 0 Å². The van der Waals surface area contributed by atoms with Crippen molar-refractivity contribution >= 4 is 22.6 Å². The van der Waals surface area contributed by atoms with Crippen LogP contribution in [0, 0.1) is 5.41 Å². The Kier molecular flexibility index (Phi) is 3.15. The van der Waals surface area contributed by atoms with E-state index in [1.165, 1.54) is 45.4 Å². The summed E-state index contributed by atoms with van der Waals surface area (Å²) in [5, 5.41) is 3.51. The maximum Gasteiger partial charge on any atom is 0.0589 e. The van der Waals surface area contributed by atoms with Gasteiger partial charge in [-0.15, -0.1) is 0 Å². The number of nitrogens with zero attached hydrogens (tertiary/aromatic N) is 1. The Morgan fingerprint density at radius 1 is 1.31 bits per heavy atom. The average molecular weight is 294 g/mol. The van der Waals surface area contributed by atoms with Crippen LogP contribution in [0.2, 0.25) is 0 Å². The van der Waals surface area contributed by atoms with E-state index in [0.717, 1.165) is 0 Å². The second-order valence-electron chi connectivity index (χ2n) is 4.54. The Hall–Kier alpha value is 0.650. The van der Waals surface area contributed by atoms with Gasteiger partial charge >= 0.3 is 0 Å². The van der Waals surface area contributed by atoms with Crippen LogP contribution in [0.1, 0.15) is 26.2 Å². The molecule has 13 heavy (non-hydrogen) atoms. The number of rotatable bonds is 1. The fraction of sp³-hybridized carbons (Fsp3) is 1.00. The summed E-state index contributed by atoms with van der Waals surface area (Å²) >= 11 is 2.52. The summed E-state index contributed by atoms with van der Waals surface area (Å²) in [6.45, 7) is 7.44. The molecule has 2 aliphatic rings. The molecular formula is C10H19IN2. The van der Waals surface area contributed by atoms with Gasteiger partial charge in [-0.1, -0.05) is 22.6 Å². The third-order valence-corrected chi connectivity index (χ3v) is 4.48. The minimum absolute atomic E-state index is 0.683. The molecular weight excluding hydrogens is 275 g/mol. The first-order valence-electron chi connectivity index (χ1n) is 5.31. The van der Waals surface area contributed by atoms with Gasteiger partial charge in [0, 0.05) is 6.54 Å². The fourth-order valence-electron chi connectivity index (χ4n) is 2.58. The molecule has 2 saturated heterocycles. The molecule has 0 aromatic heterocycles. The maximum absolute atomic E-state index is 3.51. The standard InChI is InChI=1S/C10H19IN2/c1-9(11)13-6-3-10(4-7-13)2-5-12-8-10/h9,12H,2-8H2,1H3. The Balaban J connectivity index is 1.88. The molecule has 0 aromatic carbocycles. The van der Waals surface area contributed by atoms with E-state index in [1.54, 1.807) is 0 Å². The largest absolute Gasteiger partial charge is 0.316 e. The number of halogens is 1. The van der Waals surface area contributed by atoms with E-state index in [4.69, 9.17) is 0 Å². The third-order valence-electron chi connectivity index (χ3n) is 3.69. The summed E-state index contributed by atoms with van der Waals surface area (Å²) in [5.41, 5.74) is 0.683. The van der Waals surface area contributed by atoms with Gasteiger partial charge in [0.05, 0.1) is 4.05 Å². The van der Waals surface area contributed by atoms with Crippen LogP contribution in [0.25, 0.3) is 0 Å². The molecule has 1 atom stereocenters. The first-order chi connectivity index (χ1) is 6.22. The summed E-state index contributed by atoms with van der Waals surface area (Å²) in [6.07, 6.45) is 4.23. The lowest BCUT2D eigenvalue weighted by Crippen LogP contribution is -2.43. The second-order valence-corrected chi connectivity index (χ2v) is 6.34. The highest BCUT2D eigenvalue weighted by Gasteiger charge is 2.37. The van der Waals surface area contributed by atoms with E-state index >= 15 is 0 Å². The Morgan fingerprint density at radius 2 is 2.00 bits per heavy atom. The summed E-state index contributed by atoms with van der Waals surface area (Å²) < 4.78 is 0.712. The van der Waals surface area contributed by atoms with Crippen LogP contribution in [0.15, 0.2) is 0 Å². The molecule has 2 nitrogen and oxygen atoms in total. The molecule has 1 N–H and O–H groups in total. The highest BCUT2D eigenvalue weighted by atomic mass is 127. The molecule has 3 heteroatoms. The lowest BCUT2D eigenvalue weighted by atomic mass is 9.78. The van der Waals surface area contributed by atoms with Crippen LogP contribution < -0.4 is 5.32 Å². The fourth-order valence-corrected chi connectivity index (χ4v) is 3.13. The van der Waals surface area contributed by atoms with Crippen LogP contribution in [0.3, 0.4) is 0 Å². The van der Waals surface area contributed by atoms with Crippen LogP contribution in [-0.2, 0) is 0 Å². The van der Waals surface area contributed by atoms with E-state index in [1.807, 2.05) is 0 Å². The molecule has 0 radical (unpaired) electrons. The number of nitrogens with one attached hydrogen (secondary N) is 1. The Morgan fingerprint density at radius 3 is 2.46 bits per heavy atom. The molecule has 0 saturated carbocycles. The van der Waals surface area contributed by atoms with Crippen LogP contribution in [-0.4, -0.2) is 35.1 Å². The normalized spacial score (nSPS) is 30.9. The van der Waals surface area contributed by atoms with Crippen LogP contribution in [0.5, 0.6) is 0 Å². The van der Waals surface area contributed by atoms with E-state index in [9.17, 15) is 0 Å². The predicted molar refractivity (Wildman–Crippen MR) is 64.2 cm³/mol. The SMILES string of the molecule is CC(I)N1CCC2(CCNC2)CC1.